The van der Waals surface area contributed by atoms with Gasteiger partial charge in [-0.15, -0.1) is 0 Å². The molecule has 2 heterocycles. The number of aromatic nitrogens is 3. The molecule has 2 aromatic carbocycles. The van der Waals surface area contributed by atoms with Crippen LogP contribution < -0.4 is 14.8 Å². The maximum atomic E-state index is 5.83. The highest BCUT2D eigenvalue weighted by Crippen LogP contribution is 2.22. The summed E-state index contributed by atoms with van der Waals surface area (Å²) in [5, 5.41) is 8.31. The van der Waals surface area contributed by atoms with Gasteiger partial charge >= 0.3 is 0 Å². The Labute approximate surface area is 188 Å². The van der Waals surface area contributed by atoms with Gasteiger partial charge in [0, 0.05) is 42.8 Å². The zero-order valence-corrected chi connectivity index (χ0v) is 18.3. The molecule has 4 aromatic rings. The van der Waals surface area contributed by atoms with Crippen LogP contribution in [-0.4, -0.2) is 34.5 Å². The number of nitrogens with one attached hydrogen (secondary N) is 1. The van der Waals surface area contributed by atoms with Gasteiger partial charge < -0.3 is 14.8 Å². The smallest absolute Gasteiger partial charge is 0.119 e. The summed E-state index contributed by atoms with van der Waals surface area (Å²) >= 11 is 0. The maximum Gasteiger partial charge on any atom is 0.119 e. The zero-order chi connectivity index (χ0) is 22.0. The van der Waals surface area contributed by atoms with Crippen molar-refractivity contribution in [2.75, 3.05) is 19.8 Å². The predicted molar refractivity (Wildman–Crippen MR) is 126 cm³/mol. The average molecular weight is 429 g/mol. The van der Waals surface area contributed by atoms with Crippen molar-refractivity contribution < 1.29 is 9.47 Å². The van der Waals surface area contributed by atoms with E-state index in [-0.39, 0.29) is 0 Å². The molecule has 0 fully saturated rings. The molecule has 6 nitrogen and oxygen atoms in total. The molecule has 0 saturated heterocycles. The Morgan fingerprint density at radius 1 is 0.906 bits per heavy atom. The minimum atomic E-state index is 0.578. The zero-order valence-electron chi connectivity index (χ0n) is 18.3. The van der Waals surface area contributed by atoms with Crippen molar-refractivity contribution in [3.8, 4) is 22.8 Å². The quantitative estimate of drug-likeness (QED) is 0.355. The van der Waals surface area contributed by atoms with Gasteiger partial charge in [0.1, 0.15) is 18.1 Å². The summed E-state index contributed by atoms with van der Waals surface area (Å²) in [6, 6.07) is 22.0. The molecule has 0 saturated carbocycles. The van der Waals surface area contributed by atoms with Gasteiger partial charge in [0.25, 0.3) is 0 Å². The average Bonchev–Trinajstić information content (AvgIpc) is 3.24. The number of pyridine rings is 1. The predicted octanol–water partition coefficient (Wildman–Crippen LogP) is 4.56. The molecule has 0 aliphatic heterocycles. The van der Waals surface area contributed by atoms with E-state index < -0.39 is 0 Å². The van der Waals surface area contributed by atoms with Crippen molar-refractivity contribution in [1.29, 1.82) is 0 Å². The number of ether oxygens (including phenoxy) is 2. The van der Waals surface area contributed by atoms with Crippen molar-refractivity contribution >= 4 is 0 Å². The SMILES string of the molecule is CCOc1ccc(OCCNCc2cn(Cc3ccccc3)nc2-c2cccnc2)cc1. The molecular formula is C26H28N4O2. The first-order valence-electron chi connectivity index (χ1n) is 10.9. The number of nitrogens with zero attached hydrogens (tertiary/aromatic N) is 3. The number of rotatable bonds is 11. The van der Waals surface area contributed by atoms with Gasteiger partial charge in [0.15, 0.2) is 0 Å². The lowest BCUT2D eigenvalue weighted by atomic mass is 10.1. The Balaban J connectivity index is 1.35. The molecule has 32 heavy (non-hydrogen) atoms. The Morgan fingerprint density at radius 2 is 1.69 bits per heavy atom. The second-order valence-electron chi connectivity index (χ2n) is 7.36. The highest BCUT2D eigenvalue weighted by molar-refractivity contribution is 5.61. The second-order valence-corrected chi connectivity index (χ2v) is 7.36. The van der Waals surface area contributed by atoms with E-state index >= 15 is 0 Å². The monoisotopic (exact) mass is 428 g/mol. The summed E-state index contributed by atoms with van der Waals surface area (Å²) < 4.78 is 13.3. The van der Waals surface area contributed by atoms with Crippen molar-refractivity contribution in [3.63, 3.8) is 0 Å². The second kappa shape index (κ2) is 11.1. The van der Waals surface area contributed by atoms with E-state index in [4.69, 9.17) is 14.6 Å². The normalized spacial score (nSPS) is 10.8. The van der Waals surface area contributed by atoms with Gasteiger partial charge in [0.05, 0.1) is 18.8 Å². The van der Waals surface area contributed by atoms with Crippen LogP contribution in [0.1, 0.15) is 18.1 Å². The fraction of sp³-hybridized carbons (Fsp3) is 0.231. The van der Waals surface area contributed by atoms with E-state index in [0.29, 0.717) is 19.8 Å². The van der Waals surface area contributed by atoms with Crippen LogP contribution in [0.25, 0.3) is 11.3 Å². The van der Waals surface area contributed by atoms with Crippen molar-refractivity contribution in [2.24, 2.45) is 0 Å². The van der Waals surface area contributed by atoms with E-state index in [1.54, 1.807) is 6.20 Å². The van der Waals surface area contributed by atoms with Crippen molar-refractivity contribution in [1.82, 2.24) is 20.1 Å². The lowest BCUT2D eigenvalue weighted by Crippen LogP contribution is -2.20. The number of hydrogen-bond donors (Lipinski definition) is 1. The van der Waals surface area contributed by atoms with Crippen LogP contribution in [0.5, 0.6) is 11.5 Å². The molecular weight excluding hydrogens is 400 g/mol. The molecule has 0 unspecified atom stereocenters. The molecule has 1 N–H and O–H groups in total. The third-order valence-electron chi connectivity index (χ3n) is 4.96. The largest absolute Gasteiger partial charge is 0.494 e. The summed E-state index contributed by atoms with van der Waals surface area (Å²) in [5.41, 5.74) is 4.32. The van der Waals surface area contributed by atoms with Crippen LogP contribution in [0, 0.1) is 0 Å². The topological polar surface area (TPSA) is 61.2 Å². The Kier molecular flexibility index (Phi) is 7.50. The molecule has 6 heteroatoms. The van der Waals surface area contributed by atoms with Crippen molar-refractivity contribution in [3.05, 3.63) is 96.4 Å². The molecule has 0 atom stereocenters. The molecule has 0 aliphatic carbocycles. The Morgan fingerprint density at radius 3 is 2.41 bits per heavy atom. The Hall–Kier alpha value is -3.64. The minimum Gasteiger partial charge on any atom is -0.494 e. The molecule has 0 radical (unpaired) electrons. The molecule has 0 spiro atoms. The van der Waals surface area contributed by atoms with E-state index in [1.807, 2.05) is 72.4 Å². The molecule has 0 bridgehead atoms. The van der Waals surface area contributed by atoms with E-state index in [2.05, 4.69) is 28.6 Å². The first kappa shape index (κ1) is 21.6. The first-order chi connectivity index (χ1) is 15.8. The van der Waals surface area contributed by atoms with Gasteiger partial charge in [-0.2, -0.15) is 5.10 Å². The van der Waals surface area contributed by atoms with Gasteiger partial charge in [-0.25, -0.2) is 0 Å². The minimum absolute atomic E-state index is 0.578. The maximum absolute atomic E-state index is 5.83. The van der Waals surface area contributed by atoms with E-state index in [9.17, 15) is 0 Å². The summed E-state index contributed by atoms with van der Waals surface area (Å²) in [6.07, 6.45) is 5.74. The van der Waals surface area contributed by atoms with Gasteiger partial charge in [0.2, 0.25) is 0 Å². The van der Waals surface area contributed by atoms with E-state index in [1.165, 1.54) is 5.56 Å². The molecule has 4 rings (SSSR count). The third kappa shape index (κ3) is 5.95. The lowest BCUT2D eigenvalue weighted by molar-refractivity contribution is 0.311. The first-order valence-corrected chi connectivity index (χ1v) is 10.9. The third-order valence-corrected chi connectivity index (χ3v) is 4.96. The fourth-order valence-electron chi connectivity index (χ4n) is 3.45. The van der Waals surface area contributed by atoms with Crippen LogP contribution in [-0.2, 0) is 13.1 Å². The van der Waals surface area contributed by atoms with Crippen molar-refractivity contribution in [2.45, 2.75) is 20.0 Å². The highest BCUT2D eigenvalue weighted by Gasteiger charge is 2.11. The summed E-state index contributed by atoms with van der Waals surface area (Å²) in [7, 11) is 0. The number of benzene rings is 2. The summed E-state index contributed by atoms with van der Waals surface area (Å²) in [5.74, 6) is 1.69. The summed E-state index contributed by atoms with van der Waals surface area (Å²) in [4.78, 5) is 4.26. The molecule has 164 valence electrons. The summed E-state index contributed by atoms with van der Waals surface area (Å²) in [6.45, 7) is 5.37. The van der Waals surface area contributed by atoms with Crippen LogP contribution in [0.15, 0.2) is 85.3 Å². The van der Waals surface area contributed by atoms with Gasteiger partial charge in [-0.05, 0) is 48.9 Å². The highest BCUT2D eigenvalue weighted by atomic mass is 16.5. The van der Waals surface area contributed by atoms with Crippen LogP contribution in [0.2, 0.25) is 0 Å². The number of hydrogen-bond acceptors (Lipinski definition) is 5. The molecule has 0 amide bonds. The van der Waals surface area contributed by atoms with Gasteiger partial charge in [-0.1, -0.05) is 30.3 Å². The fourth-order valence-corrected chi connectivity index (χ4v) is 3.45. The lowest BCUT2D eigenvalue weighted by Gasteiger charge is -2.09. The molecule has 0 aliphatic rings. The van der Waals surface area contributed by atoms with Gasteiger partial charge in [-0.3, -0.25) is 9.67 Å². The van der Waals surface area contributed by atoms with Crippen LogP contribution in [0.3, 0.4) is 0 Å². The standard InChI is InChI=1S/C26H28N4O2/c1-2-31-24-10-12-25(13-11-24)32-16-15-28-18-23-20-30(19-21-7-4-3-5-8-21)29-26(23)22-9-6-14-27-17-22/h3-14,17,20,28H,2,15-16,18-19H2,1H3. The van der Waals surface area contributed by atoms with Crippen LogP contribution >= 0.6 is 0 Å². The van der Waals surface area contributed by atoms with E-state index in [0.717, 1.165) is 41.4 Å². The van der Waals surface area contributed by atoms with Crippen LogP contribution in [0.4, 0.5) is 0 Å². The Bertz CT molecular complexity index is 1080. The molecule has 2 aromatic heterocycles.